The van der Waals surface area contributed by atoms with Gasteiger partial charge in [0.25, 0.3) is 0 Å². The zero-order chi connectivity index (χ0) is 8.70. The molecule has 0 amide bonds. The van der Waals surface area contributed by atoms with Crippen molar-refractivity contribution in [1.29, 1.82) is 0 Å². The molecule has 0 N–H and O–H groups in total. The molecule has 1 aliphatic rings. The van der Waals surface area contributed by atoms with Gasteiger partial charge in [0.1, 0.15) is 0 Å². The van der Waals surface area contributed by atoms with Crippen LogP contribution in [0.15, 0.2) is 0 Å². The van der Waals surface area contributed by atoms with Crippen LogP contribution in [-0.2, 0) is 0 Å². The van der Waals surface area contributed by atoms with Crippen LogP contribution in [-0.4, -0.2) is 31.2 Å². The third-order valence-corrected chi connectivity index (χ3v) is 5.44. The number of nitrogens with zero attached hydrogens (tertiary/aromatic N) is 1. The van der Waals surface area contributed by atoms with Crippen LogP contribution in [0.5, 0.6) is 0 Å². The highest BCUT2D eigenvalue weighted by Crippen LogP contribution is 2.26. The Bertz CT molecular complexity index is 146. The van der Waals surface area contributed by atoms with Crippen molar-refractivity contribution in [3.8, 4) is 0 Å². The molecule has 2 heteroatoms. The van der Waals surface area contributed by atoms with Crippen LogP contribution in [0.3, 0.4) is 0 Å². The van der Waals surface area contributed by atoms with E-state index < -0.39 is 8.07 Å². The minimum Gasteiger partial charge on any atom is -0.302 e. The third-order valence-electron chi connectivity index (χ3n) is 2.63. The Labute approximate surface area is 71.8 Å². The second-order valence-electron chi connectivity index (χ2n) is 5.51. The molecule has 0 aromatic rings. The SMILES string of the molecule is CC(C)(C)N1CC[Si](C)(C)C1. The highest BCUT2D eigenvalue weighted by atomic mass is 28.3. The van der Waals surface area contributed by atoms with E-state index in [2.05, 4.69) is 38.8 Å². The van der Waals surface area contributed by atoms with Gasteiger partial charge < -0.3 is 4.90 Å². The van der Waals surface area contributed by atoms with Gasteiger partial charge in [-0.25, -0.2) is 0 Å². The van der Waals surface area contributed by atoms with E-state index in [4.69, 9.17) is 0 Å². The predicted octanol–water partition coefficient (Wildman–Crippen LogP) is 2.35. The predicted molar refractivity (Wildman–Crippen MR) is 53.6 cm³/mol. The van der Waals surface area contributed by atoms with Gasteiger partial charge in [-0.1, -0.05) is 13.1 Å². The van der Waals surface area contributed by atoms with Crippen molar-refractivity contribution in [2.45, 2.75) is 45.4 Å². The molecule has 0 radical (unpaired) electrons. The molecule has 1 aliphatic heterocycles. The summed E-state index contributed by atoms with van der Waals surface area (Å²) in [5, 5.41) is 0. The molecule has 1 fully saturated rings. The van der Waals surface area contributed by atoms with Crippen molar-refractivity contribution in [1.82, 2.24) is 4.90 Å². The van der Waals surface area contributed by atoms with Crippen molar-refractivity contribution in [2.24, 2.45) is 0 Å². The van der Waals surface area contributed by atoms with Crippen LogP contribution < -0.4 is 0 Å². The maximum Gasteiger partial charge on any atom is 0.0642 e. The summed E-state index contributed by atoms with van der Waals surface area (Å²) in [6, 6.07) is 1.49. The molecule has 0 aromatic heterocycles. The molecular weight excluding hydrogens is 150 g/mol. The first kappa shape index (κ1) is 9.27. The summed E-state index contributed by atoms with van der Waals surface area (Å²) in [6.45, 7) is 13.3. The normalized spacial score (nSPS) is 25.9. The monoisotopic (exact) mass is 171 g/mol. The van der Waals surface area contributed by atoms with E-state index >= 15 is 0 Å². The summed E-state index contributed by atoms with van der Waals surface area (Å²) >= 11 is 0. The summed E-state index contributed by atoms with van der Waals surface area (Å²) in [7, 11) is -0.787. The first-order valence-corrected chi connectivity index (χ1v) is 7.98. The zero-order valence-electron chi connectivity index (χ0n) is 8.57. The molecule has 0 aliphatic carbocycles. The van der Waals surface area contributed by atoms with E-state index in [0.717, 1.165) is 0 Å². The molecule has 0 unspecified atom stereocenters. The number of hydrogen-bond acceptors (Lipinski definition) is 1. The quantitative estimate of drug-likeness (QED) is 0.506. The molecule has 0 saturated carbocycles. The largest absolute Gasteiger partial charge is 0.302 e. The maximum absolute atomic E-state index is 2.64. The Balaban J connectivity index is 2.55. The summed E-state index contributed by atoms with van der Waals surface area (Å²) in [4.78, 5) is 2.64. The second-order valence-corrected chi connectivity index (χ2v) is 10.7. The van der Waals surface area contributed by atoms with Crippen molar-refractivity contribution < 1.29 is 0 Å². The average molecular weight is 171 g/mol. The van der Waals surface area contributed by atoms with E-state index in [0.29, 0.717) is 5.54 Å². The minimum absolute atomic E-state index is 0.404. The summed E-state index contributed by atoms with van der Waals surface area (Å²) in [6.07, 6.45) is 1.40. The van der Waals surface area contributed by atoms with Gasteiger partial charge in [-0.2, -0.15) is 0 Å². The molecule has 66 valence electrons. The van der Waals surface area contributed by atoms with Gasteiger partial charge in [-0.3, -0.25) is 0 Å². The van der Waals surface area contributed by atoms with Gasteiger partial charge >= 0.3 is 0 Å². The molecule has 0 aromatic carbocycles. The lowest BCUT2D eigenvalue weighted by atomic mass is 10.1. The lowest BCUT2D eigenvalue weighted by Gasteiger charge is -2.32. The molecular formula is C9H21NSi. The van der Waals surface area contributed by atoms with E-state index in [1.165, 1.54) is 18.8 Å². The van der Waals surface area contributed by atoms with Crippen LogP contribution in [0.2, 0.25) is 19.1 Å². The highest BCUT2D eigenvalue weighted by Gasteiger charge is 2.35. The molecule has 0 spiro atoms. The molecule has 11 heavy (non-hydrogen) atoms. The molecule has 1 saturated heterocycles. The Morgan fingerprint density at radius 3 is 1.91 bits per heavy atom. The van der Waals surface area contributed by atoms with Crippen LogP contribution in [0.25, 0.3) is 0 Å². The van der Waals surface area contributed by atoms with Gasteiger partial charge in [-0.05, 0) is 39.5 Å². The molecule has 1 heterocycles. The fraction of sp³-hybridized carbons (Fsp3) is 1.00. The standard InChI is InChI=1S/C9H21NSi/c1-9(2,3)10-6-7-11(4,5)8-10/h6-8H2,1-5H3. The van der Waals surface area contributed by atoms with E-state index in [9.17, 15) is 0 Å². The molecule has 1 rings (SSSR count). The maximum atomic E-state index is 2.64. The van der Waals surface area contributed by atoms with Crippen LogP contribution >= 0.6 is 0 Å². The first-order chi connectivity index (χ1) is 4.81. The second kappa shape index (κ2) is 2.59. The van der Waals surface area contributed by atoms with E-state index in [1.807, 2.05) is 0 Å². The Morgan fingerprint density at radius 2 is 1.73 bits per heavy atom. The van der Waals surface area contributed by atoms with Crippen LogP contribution in [0.1, 0.15) is 20.8 Å². The first-order valence-electron chi connectivity index (χ1n) is 4.56. The smallest absolute Gasteiger partial charge is 0.0642 e. The molecule has 1 nitrogen and oxygen atoms in total. The van der Waals surface area contributed by atoms with Gasteiger partial charge in [0.2, 0.25) is 0 Å². The Morgan fingerprint density at radius 1 is 1.18 bits per heavy atom. The van der Waals surface area contributed by atoms with Crippen molar-refractivity contribution in [2.75, 3.05) is 12.7 Å². The average Bonchev–Trinajstić information content (AvgIpc) is 2.07. The summed E-state index contributed by atoms with van der Waals surface area (Å²) < 4.78 is 0. The zero-order valence-corrected chi connectivity index (χ0v) is 9.57. The van der Waals surface area contributed by atoms with Gasteiger partial charge in [0, 0.05) is 5.54 Å². The number of hydrogen-bond donors (Lipinski definition) is 0. The lowest BCUT2D eigenvalue weighted by molar-refractivity contribution is 0.184. The van der Waals surface area contributed by atoms with Gasteiger partial charge in [0.15, 0.2) is 0 Å². The van der Waals surface area contributed by atoms with Crippen LogP contribution in [0.4, 0.5) is 0 Å². The number of rotatable bonds is 0. The summed E-state index contributed by atoms with van der Waals surface area (Å²) in [5.74, 6) is 0. The van der Waals surface area contributed by atoms with Gasteiger partial charge in [0.05, 0.1) is 8.07 Å². The van der Waals surface area contributed by atoms with E-state index in [1.54, 1.807) is 0 Å². The topological polar surface area (TPSA) is 3.24 Å². The molecule has 0 bridgehead atoms. The Kier molecular flexibility index (Phi) is 2.19. The van der Waals surface area contributed by atoms with Gasteiger partial charge in [-0.15, -0.1) is 0 Å². The summed E-state index contributed by atoms with van der Waals surface area (Å²) in [5.41, 5.74) is 0.404. The highest BCUT2D eigenvalue weighted by molar-refractivity contribution is 6.78. The minimum atomic E-state index is -0.787. The third kappa shape index (κ3) is 2.31. The van der Waals surface area contributed by atoms with Crippen molar-refractivity contribution >= 4 is 8.07 Å². The fourth-order valence-corrected chi connectivity index (χ4v) is 4.38. The Hall–Kier alpha value is 0.177. The van der Waals surface area contributed by atoms with Crippen LogP contribution in [0, 0.1) is 0 Å². The lowest BCUT2D eigenvalue weighted by Crippen LogP contribution is -2.42. The fourth-order valence-electron chi connectivity index (χ4n) is 1.68. The molecule has 0 atom stereocenters. The van der Waals surface area contributed by atoms with Crippen molar-refractivity contribution in [3.05, 3.63) is 0 Å². The van der Waals surface area contributed by atoms with Crippen molar-refractivity contribution in [3.63, 3.8) is 0 Å². The van der Waals surface area contributed by atoms with E-state index in [-0.39, 0.29) is 0 Å².